The third-order valence-corrected chi connectivity index (χ3v) is 3.48. The van der Waals surface area contributed by atoms with Crippen LogP contribution in [0.15, 0.2) is 30.5 Å². The summed E-state index contributed by atoms with van der Waals surface area (Å²) in [6, 6.07) is 8.80. The van der Waals surface area contributed by atoms with E-state index in [9.17, 15) is 0 Å². The number of ether oxygens (including phenoxy) is 1. The van der Waals surface area contributed by atoms with E-state index in [-0.39, 0.29) is 0 Å². The summed E-state index contributed by atoms with van der Waals surface area (Å²) in [6.45, 7) is 10.3. The number of aromatic nitrogens is 1. The van der Waals surface area contributed by atoms with Crippen LogP contribution in [0.5, 0.6) is 5.88 Å². The molecule has 2 rings (SSSR count). The van der Waals surface area contributed by atoms with Gasteiger partial charge in [-0.2, -0.15) is 0 Å². The summed E-state index contributed by atoms with van der Waals surface area (Å²) in [6.07, 6.45) is 2.98. The number of nitrogens with one attached hydrogen (secondary N) is 1. The topological polar surface area (TPSA) is 34.1 Å². The van der Waals surface area contributed by atoms with Crippen molar-refractivity contribution in [3.05, 3.63) is 36.0 Å². The van der Waals surface area contributed by atoms with Gasteiger partial charge in [0.25, 0.3) is 0 Å². The van der Waals surface area contributed by atoms with E-state index in [4.69, 9.17) is 4.74 Å². The maximum absolute atomic E-state index is 5.88. The van der Waals surface area contributed by atoms with E-state index in [2.05, 4.69) is 56.2 Å². The first kappa shape index (κ1) is 15.8. The molecule has 0 amide bonds. The summed E-state index contributed by atoms with van der Waals surface area (Å²) in [7, 11) is 0. The minimum Gasteiger partial charge on any atom is -0.477 e. The average Bonchev–Trinajstić information content (AvgIpc) is 2.45. The molecule has 1 aromatic carbocycles. The van der Waals surface area contributed by atoms with Crippen LogP contribution in [0.25, 0.3) is 10.8 Å². The van der Waals surface area contributed by atoms with Crippen molar-refractivity contribution in [3.8, 4) is 5.88 Å². The summed E-state index contributed by atoms with van der Waals surface area (Å²) in [5.74, 6) is 1.39. The van der Waals surface area contributed by atoms with Crippen LogP contribution in [0, 0.1) is 5.92 Å². The predicted molar refractivity (Wildman–Crippen MR) is 88.7 cm³/mol. The Hall–Kier alpha value is -1.61. The van der Waals surface area contributed by atoms with Crippen molar-refractivity contribution in [1.82, 2.24) is 10.3 Å². The molecular weight excluding hydrogens is 260 g/mol. The lowest BCUT2D eigenvalue weighted by atomic mass is 10.1. The number of pyridine rings is 1. The van der Waals surface area contributed by atoms with Crippen LogP contribution in [-0.4, -0.2) is 17.6 Å². The van der Waals surface area contributed by atoms with Crippen LogP contribution in [-0.2, 0) is 6.54 Å². The SMILES string of the molecule is CC(C)CCOc1ncc(CNC(C)C)c2ccccc12. The molecule has 0 aliphatic carbocycles. The van der Waals surface area contributed by atoms with Gasteiger partial charge in [-0.3, -0.25) is 0 Å². The Kier molecular flexibility index (Phi) is 5.57. The zero-order valence-electron chi connectivity index (χ0n) is 13.5. The van der Waals surface area contributed by atoms with E-state index in [0.29, 0.717) is 12.0 Å². The van der Waals surface area contributed by atoms with Gasteiger partial charge in [-0.05, 0) is 29.4 Å². The molecule has 0 unspecified atom stereocenters. The van der Waals surface area contributed by atoms with E-state index in [1.54, 1.807) is 0 Å². The fourth-order valence-corrected chi connectivity index (χ4v) is 2.19. The maximum Gasteiger partial charge on any atom is 0.221 e. The highest BCUT2D eigenvalue weighted by Gasteiger charge is 2.08. The van der Waals surface area contributed by atoms with Gasteiger partial charge in [0.2, 0.25) is 5.88 Å². The summed E-state index contributed by atoms with van der Waals surface area (Å²) in [5.41, 5.74) is 1.22. The molecule has 0 fully saturated rings. The van der Waals surface area contributed by atoms with E-state index < -0.39 is 0 Å². The highest BCUT2D eigenvalue weighted by molar-refractivity contribution is 5.89. The number of fused-ring (bicyclic) bond motifs is 1. The van der Waals surface area contributed by atoms with Gasteiger partial charge in [-0.1, -0.05) is 45.9 Å². The Morgan fingerprint density at radius 2 is 1.81 bits per heavy atom. The van der Waals surface area contributed by atoms with Crippen molar-refractivity contribution in [2.24, 2.45) is 5.92 Å². The Morgan fingerprint density at radius 3 is 2.48 bits per heavy atom. The number of hydrogen-bond acceptors (Lipinski definition) is 3. The molecule has 0 saturated heterocycles. The van der Waals surface area contributed by atoms with E-state index >= 15 is 0 Å². The van der Waals surface area contributed by atoms with Crippen molar-refractivity contribution >= 4 is 10.8 Å². The molecule has 0 aliphatic rings. The van der Waals surface area contributed by atoms with Gasteiger partial charge >= 0.3 is 0 Å². The summed E-state index contributed by atoms with van der Waals surface area (Å²) in [5, 5.41) is 5.77. The molecule has 1 aromatic heterocycles. The van der Waals surface area contributed by atoms with Crippen LogP contribution in [0.4, 0.5) is 0 Å². The van der Waals surface area contributed by atoms with Crippen molar-refractivity contribution < 1.29 is 4.74 Å². The molecule has 0 radical (unpaired) electrons. The van der Waals surface area contributed by atoms with Gasteiger partial charge in [0.05, 0.1) is 6.61 Å². The van der Waals surface area contributed by atoms with Gasteiger partial charge in [-0.25, -0.2) is 4.98 Å². The summed E-state index contributed by atoms with van der Waals surface area (Å²) in [4.78, 5) is 4.52. The van der Waals surface area contributed by atoms with Crippen LogP contribution in [0.1, 0.15) is 39.7 Å². The molecule has 0 aliphatic heterocycles. The summed E-state index contributed by atoms with van der Waals surface area (Å²) >= 11 is 0. The standard InChI is InChI=1S/C18H26N2O/c1-13(2)9-10-21-18-17-8-6-5-7-16(17)15(12-20-18)11-19-14(3)4/h5-8,12-14,19H,9-11H2,1-4H3. The van der Waals surface area contributed by atoms with E-state index in [1.165, 1.54) is 10.9 Å². The maximum atomic E-state index is 5.88. The first-order valence-corrected chi connectivity index (χ1v) is 7.80. The number of hydrogen-bond donors (Lipinski definition) is 1. The molecule has 0 atom stereocenters. The first-order chi connectivity index (χ1) is 10.1. The number of benzene rings is 1. The molecule has 2 aromatic rings. The zero-order valence-corrected chi connectivity index (χ0v) is 13.5. The van der Waals surface area contributed by atoms with Crippen LogP contribution >= 0.6 is 0 Å². The number of nitrogens with zero attached hydrogens (tertiary/aromatic N) is 1. The van der Waals surface area contributed by atoms with Gasteiger partial charge in [0.1, 0.15) is 0 Å². The van der Waals surface area contributed by atoms with Crippen molar-refractivity contribution in [1.29, 1.82) is 0 Å². The van der Waals surface area contributed by atoms with Crippen LogP contribution in [0.3, 0.4) is 0 Å². The fourth-order valence-electron chi connectivity index (χ4n) is 2.19. The third kappa shape index (κ3) is 4.43. The third-order valence-electron chi connectivity index (χ3n) is 3.48. The van der Waals surface area contributed by atoms with Crippen LogP contribution in [0.2, 0.25) is 0 Å². The van der Waals surface area contributed by atoms with Gasteiger partial charge in [0.15, 0.2) is 0 Å². The Labute approximate surface area is 127 Å². The van der Waals surface area contributed by atoms with Crippen molar-refractivity contribution in [3.63, 3.8) is 0 Å². The predicted octanol–water partition coefficient (Wildman–Crippen LogP) is 4.16. The largest absolute Gasteiger partial charge is 0.477 e. The highest BCUT2D eigenvalue weighted by atomic mass is 16.5. The van der Waals surface area contributed by atoms with E-state index in [1.807, 2.05) is 12.3 Å². The number of rotatable bonds is 7. The second-order valence-corrected chi connectivity index (χ2v) is 6.20. The monoisotopic (exact) mass is 286 g/mol. The minimum absolute atomic E-state index is 0.464. The second kappa shape index (κ2) is 7.41. The normalized spacial score (nSPS) is 11.5. The van der Waals surface area contributed by atoms with Crippen LogP contribution < -0.4 is 10.1 Å². The first-order valence-electron chi connectivity index (χ1n) is 7.80. The fraction of sp³-hybridized carbons (Fsp3) is 0.500. The average molecular weight is 286 g/mol. The van der Waals surface area contributed by atoms with E-state index in [0.717, 1.165) is 30.8 Å². The molecule has 0 bridgehead atoms. The highest BCUT2D eigenvalue weighted by Crippen LogP contribution is 2.26. The summed E-state index contributed by atoms with van der Waals surface area (Å²) < 4.78 is 5.88. The second-order valence-electron chi connectivity index (χ2n) is 6.20. The molecule has 0 spiro atoms. The van der Waals surface area contributed by atoms with Crippen molar-refractivity contribution in [2.45, 2.75) is 46.7 Å². The molecule has 0 saturated carbocycles. The smallest absolute Gasteiger partial charge is 0.221 e. The zero-order chi connectivity index (χ0) is 15.2. The Morgan fingerprint density at radius 1 is 1.10 bits per heavy atom. The quantitative estimate of drug-likeness (QED) is 0.830. The van der Waals surface area contributed by atoms with Gasteiger partial charge < -0.3 is 10.1 Å². The molecule has 3 nitrogen and oxygen atoms in total. The van der Waals surface area contributed by atoms with Gasteiger partial charge in [0, 0.05) is 24.2 Å². The molecular formula is C18H26N2O. The Bertz CT molecular complexity index is 578. The van der Waals surface area contributed by atoms with Crippen molar-refractivity contribution in [2.75, 3.05) is 6.61 Å². The minimum atomic E-state index is 0.464. The lowest BCUT2D eigenvalue weighted by Crippen LogP contribution is -2.22. The molecule has 1 heterocycles. The van der Waals surface area contributed by atoms with Gasteiger partial charge in [-0.15, -0.1) is 0 Å². The lowest BCUT2D eigenvalue weighted by molar-refractivity contribution is 0.283. The molecule has 114 valence electrons. The molecule has 21 heavy (non-hydrogen) atoms. The Balaban J connectivity index is 2.22. The molecule has 1 N–H and O–H groups in total. The lowest BCUT2D eigenvalue weighted by Gasteiger charge is -2.14. The molecule has 3 heteroatoms.